The van der Waals surface area contributed by atoms with E-state index >= 15 is 0 Å². The third-order valence-corrected chi connectivity index (χ3v) is 5.15. The molecule has 0 bridgehead atoms. The molecule has 7 heteroatoms. The fourth-order valence-electron chi connectivity index (χ4n) is 2.34. The Morgan fingerprint density at radius 2 is 1.67 bits per heavy atom. The number of carbonyl (C=O) groups excluding carboxylic acids is 1. The van der Waals surface area contributed by atoms with E-state index in [0.717, 1.165) is 16.2 Å². The van der Waals surface area contributed by atoms with Gasteiger partial charge in [0.2, 0.25) is 0 Å². The van der Waals surface area contributed by atoms with Crippen molar-refractivity contribution in [1.29, 1.82) is 0 Å². The van der Waals surface area contributed by atoms with E-state index in [1.165, 1.54) is 11.8 Å². The fourth-order valence-corrected chi connectivity index (χ4v) is 3.51. The Labute approximate surface area is 167 Å². The van der Waals surface area contributed by atoms with Gasteiger partial charge in [0, 0.05) is 4.90 Å². The minimum absolute atomic E-state index is 0.183. The summed E-state index contributed by atoms with van der Waals surface area (Å²) in [7, 11) is 0. The average molecular weight is 398 g/mol. The summed E-state index contributed by atoms with van der Waals surface area (Å²) >= 11 is 6.68. The molecule has 0 aliphatic heterocycles. The number of benzene rings is 2. The number of hydrogen-bond acceptors (Lipinski definition) is 4. The van der Waals surface area contributed by atoms with Gasteiger partial charge in [0.15, 0.2) is 5.11 Å². The Bertz CT molecular complexity index is 855. The SMILES string of the molecule is O=C(NNC(=S)NCc1ccco1)C(Sc1ccccc1)c1ccccc1. The predicted molar refractivity (Wildman–Crippen MR) is 111 cm³/mol. The molecule has 1 amide bonds. The van der Waals surface area contributed by atoms with Crippen LogP contribution in [-0.2, 0) is 11.3 Å². The van der Waals surface area contributed by atoms with E-state index in [9.17, 15) is 4.79 Å². The maximum absolute atomic E-state index is 12.8. The maximum atomic E-state index is 12.8. The average Bonchev–Trinajstić information content (AvgIpc) is 3.24. The van der Waals surface area contributed by atoms with E-state index in [-0.39, 0.29) is 5.91 Å². The summed E-state index contributed by atoms with van der Waals surface area (Å²) in [5.41, 5.74) is 6.35. The van der Waals surface area contributed by atoms with E-state index in [0.29, 0.717) is 11.7 Å². The summed E-state index contributed by atoms with van der Waals surface area (Å²) in [5, 5.41) is 2.88. The molecule has 0 radical (unpaired) electrons. The highest BCUT2D eigenvalue weighted by Gasteiger charge is 2.22. The lowest BCUT2D eigenvalue weighted by Gasteiger charge is -2.18. The maximum Gasteiger partial charge on any atom is 0.256 e. The van der Waals surface area contributed by atoms with Crippen LogP contribution in [0.2, 0.25) is 0 Å². The number of thiocarbonyl (C=S) groups is 1. The normalized spacial score (nSPS) is 11.4. The molecular weight excluding hydrogens is 378 g/mol. The van der Waals surface area contributed by atoms with E-state index in [1.54, 1.807) is 12.3 Å². The number of hydrogen-bond donors (Lipinski definition) is 3. The van der Waals surface area contributed by atoms with Crippen molar-refractivity contribution in [3.05, 3.63) is 90.4 Å². The van der Waals surface area contributed by atoms with E-state index < -0.39 is 5.25 Å². The Kier molecular flexibility index (Phi) is 6.90. The highest BCUT2D eigenvalue weighted by Crippen LogP contribution is 2.35. The van der Waals surface area contributed by atoms with E-state index in [1.807, 2.05) is 66.7 Å². The number of nitrogens with one attached hydrogen (secondary N) is 3. The van der Waals surface area contributed by atoms with Crippen LogP contribution in [0.25, 0.3) is 0 Å². The largest absolute Gasteiger partial charge is 0.467 e. The Hall–Kier alpha value is -2.77. The molecule has 1 heterocycles. The molecule has 138 valence electrons. The molecule has 5 nitrogen and oxygen atoms in total. The van der Waals surface area contributed by atoms with Crippen molar-refractivity contribution >= 4 is 35.0 Å². The monoisotopic (exact) mass is 397 g/mol. The fraction of sp³-hybridized carbons (Fsp3) is 0.100. The molecule has 1 unspecified atom stereocenters. The first-order chi connectivity index (χ1) is 13.2. The second-order valence-electron chi connectivity index (χ2n) is 5.60. The van der Waals surface area contributed by atoms with Gasteiger partial charge >= 0.3 is 0 Å². The van der Waals surface area contributed by atoms with Crippen molar-refractivity contribution in [3.8, 4) is 0 Å². The first kappa shape index (κ1) is 19.0. The summed E-state index contributed by atoms with van der Waals surface area (Å²) in [5.74, 6) is 0.574. The molecule has 0 saturated heterocycles. The van der Waals surface area contributed by atoms with Gasteiger partial charge in [-0.1, -0.05) is 48.5 Å². The lowest BCUT2D eigenvalue weighted by molar-refractivity contribution is -0.121. The molecule has 0 spiro atoms. The molecule has 3 N–H and O–H groups in total. The van der Waals surface area contributed by atoms with Crippen molar-refractivity contribution in [2.75, 3.05) is 0 Å². The Morgan fingerprint density at radius 3 is 2.33 bits per heavy atom. The molecule has 27 heavy (non-hydrogen) atoms. The molecule has 0 aliphatic rings. The molecule has 3 aromatic rings. The minimum Gasteiger partial charge on any atom is -0.467 e. The number of thioether (sulfide) groups is 1. The van der Waals surface area contributed by atoms with Crippen LogP contribution in [0.3, 0.4) is 0 Å². The summed E-state index contributed by atoms with van der Waals surface area (Å²) in [4.78, 5) is 13.8. The highest BCUT2D eigenvalue weighted by atomic mass is 32.2. The molecule has 3 rings (SSSR count). The van der Waals surface area contributed by atoms with Crippen LogP contribution < -0.4 is 16.2 Å². The van der Waals surface area contributed by atoms with Gasteiger partial charge < -0.3 is 9.73 Å². The summed E-state index contributed by atoms with van der Waals surface area (Å²) < 4.78 is 5.23. The van der Waals surface area contributed by atoms with Gasteiger partial charge in [-0.05, 0) is 42.0 Å². The number of furan rings is 1. The molecule has 2 aromatic carbocycles. The molecule has 0 fully saturated rings. The summed E-state index contributed by atoms with van der Waals surface area (Å²) in [6, 6.07) is 23.1. The van der Waals surface area contributed by atoms with Gasteiger partial charge in [0.25, 0.3) is 5.91 Å². The van der Waals surface area contributed by atoms with Crippen molar-refractivity contribution in [1.82, 2.24) is 16.2 Å². The van der Waals surface area contributed by atoms with Gasteiger partial charge in [-0.15, -0.1) is 11.8 Å². The van der Waals surface area contributed by atoms with Crippen LogP contribution >= 0.6 is 24.0 Å². The van der Waals surface area contributed by atoms with Gasteiger partial charge in [0.1, 0.15) is 11.0 Å². The van der Waals surface area contributed by atoms with Crippen LogP contribution in [0.1, 0.15) is 16.6 Å². The molecule has 1 aromatic heterocycles. The second-order valence-corrected chi connectivity index (χ2v) is 7.18. The van der Waals surface area contributed by atoms with Crippen molar-refractivity contribution in [3.63, 3.8) is 0 Å². The lowest BCUT2D eigenvalue weighted by atomic mass is 10.1. The smallest absolute Gasteiger partial charge is 0.256 e. The lowest BCUT2D eigenvalue weighted by Crippen LogP contribution is -2.47. The van der Waals surface area contributed by atoms with Crippen LogP contribution in [-0.4, -0.2) is 11.0 Å². The van der Waals surface area contributed by atoms with Crippen LogP contribution in [0.15, 0.2) is 88.4 Å². The van der Waals surface area contributed by atoms with Gasteiger partial charge in [-0.2, -0.15) is 0 Å². The standard InChI is InChI=1S/C20H19N3O2S2/c24-19(22-23-20(26)21-14-16-10-7-13-25-16)18(15-8-3-1-4-9-15)27-17-11-5-2-6-12-17/h1-13,18H,14H2,(H,22,24)(H2,21,23,26). The number of carbonyl (C=O) groups is 1. The molecule has 0 aliphatic carbocycles. The number of rotatable bonds is 6. The third kappa shape index (κ3) is 5.87. The summed E-state index contributed by atoms with van der Waals surface area (Å²) in [6.45, 7) is 0.440. The third-order valence-electron chi connectivity index (χ3n) is 3.64. The quantitative estimate of drug-likeness (QED) is 0.334. The first-order valence-electron chi connectivity index (χ1n) is 8.35. The zero-order valence-corrected chi connectivity index (χ0v) is 16.1. The van der Waals surface area contributed by atoms with Crippen molar-refractivity contribution in [2.45, 2.75) is 16.7 Å². The number of amides is 1. The Balaban J connectivity index is 1.59. The van der Waals surface area contributed by atoms with Gasteiger partial charge in [-0.3, -0.25) is 15.6 Å². The van der Waals surface area contributed by atoms with E-state index in [2.05, 4.69) is 16.2 Å². The highest BCUT2D eigenvalue weighted by molar-refractivity contribution is 8.00. The van der Waals surface area contributed by atoms with Gasteiger partial charge in [0.05, 0.1) is 12.8 Å². The van der Waals surface area contributed by atoms with Crippen LogP contribution in [0.5, 0.6) is 0 Å². The zero-order chi connectivity index (χ0) is 18.9. The zero-order valence-electron chi connectivity index (χ0n) is 14.4. The molecule has 0 saturated carbocycles. The molecular formula is C20H19N3O2S2. The minimum atomic E-state index is -0.408. The topological polar surface area (TPSA) is 66.3 Å². The van der Waals surface area contributed by atoms with Crippen LogP contribution in [0.4, 0.5) is 0 Å². The predicted octanol–water partition coefficient (Wildman–Crippen LogP) is 3.81. The molecule has 1 atom stereocenters. The second kappa shape index (κ2) is 9.80. The van der Waals surface area contributed by atoms with Crippen molar-refractivity contribution in [2.24, 2.45) is 0 Å². The first-order valence-corrected chi connectivity index (χ1v) is 9.64. The Morgan fingerprint density at radius 1 is 0.963 bits per heavy atom. The van der Waals surface area contributed by atoms with Crippen molar-refractivity contribution < 1.29 is 9.21 Å². The summed E-state index contributed by atoms with van der Waals surface area (Å²) in [6.07, 6.45) is 1.60. The van der Waals surface area contributed by atoms with Crippen LogP contribution in [0, 0.1) is 0 Å². The number of hydrazine groups is 1. The van der Waals surface area contributed by atoms with Gasteiger partial charge in [-0.25, -0.2) is 0 Å². The van der Waals surface area contributed by atoms with E-state index in [4.69, 9.17) is 16.6 Å².